The Bertz CT molecular complexity index is 361. The van der Waals surface area contributed by atoms with Crippen LogP contribution >= 0.6 is 0 Å². The highest BCUT2D eigenvalue weighted by atomic mass is 15.2. The molecule has 2 aliphatic heterocycles. The first-order chi connectivity index (χ1) is 10.1. The van der Waals surface area contributed by atoms with Gasteiger partial charge >= 0.3 is 0 Å². The van der Waals surface area contributed by atoms with Gasteiger partial charge in [0.05, 0.1) is 0 Å². The van der Waals surface area contributed by atoms with E-state index < -0.39 is 0 Å². The monoisotopic (exact) mass is 292 g/mol. The summed E-state index contributed by atoms with van der Waals surface area (Å²) in [5.74, 6) is 1.68. The zero-order chi connectivity index (χ0) is 15.4. The summed E-state index contributed by atoms with van der Waals surface area (Å²) in [4.78, 5) is 2.79. The van der Waals surface area contributed by atoms with Crippen LogP contribution in [0.3, 0.4) is 0 Å². The molecule has 4 atom stereocenters. The Hall–Kier alpha value is -0.500. The van der Waals surface area contributed by atoms with Gasteiger partial charge in [-0.1, -0.05) is 40.5 Å². The van der Waals surface area contributed by atoms with E-state index in [-0.39, 0.29) is 0 Å². The first-order valence-corrected chi connectivity index (χ1v) is 9.33. The van der Waals surface area contributed by atoms with Crippen molar-refractivity contribution in [2.45, 2.75) is 85.2 Å². The Kier molecular flexibility index (Phi) is 6.16. The van der Waals surface area contributed by atoms with E-state index in [0.29, 0.717) is 6.04 Å². The molecule has 0 amide bonds. The van der Waals surface area contributed by atoms with Gasteiger partial charge in [0, 0.05) is 30.9 Å². The van der Waals surface area contributed by atoms with Crippen molar-refractivity contribution in [3.63, 3.8) is 0 Å². The summed E-state index contributed by atoms with van der Waals surface area (Å²) in [5, 5.41) is 3.78. The summed E-state index contributed by atoms with van der Waals surface area (Å²) < 4.78 is 0. The molecule has 1 N–H and O–H groups in total. The van der Waals surface area contributed by atoms with E-state index in [4.69, 9.17) is 0 Å². The van der Waals surface area contributed by atoms with Gasteiger partial charge in [-0.05, 0) is 50.0 Å². The number of nitrogens with one attached hydrogen (secondary N) is 1. The second kappa shape index (κ2) is 7.67. The Morgan fingerprint density at radius 2 is 2.00 bits per heavy atom. The summed E-state index contributed by atoms with van der Waals surface area (Å²) in [6.07, 6.45) is 7.83. The van der Waals surface area contributed by atoms with Gasteiger partial charge in [-0.3, -0.25) is 4.90 Å². The third kappa shape index (κ3) is 3.64. The van der Waals surface area contributed by atoms with Crippen molar-refractivity contribution < 1.29 is 0 Å². The number of hydrogen-bond donors (Lipinski definition) is 1. The molecule has 0 aromatic heterocycles. The van der Waals surface area contributed by atoms with Gasteiger partial charge in [0.25, 0.3) is 0 Å². The van der Waals surface area contributed by atoms with Gasteiger partial charge < -0.3 is 5.32 Å². The van der Waals surface area contributed by atoms with Crippen LogP contribution in [0.2, 0.25) is 0 Å². The van der Waals surface area contributed by atoms with Gasteiger partial charge in [-0.25, -0.2) is 0 Å². The summed E-state index contributed by atoms with van der Waals surface area (Å²) in [7, 11) is 0. The molecule has 21 heavy (non-hydrogen) atoms. The lowest BCUT2D eigenvalue weighted by Gasteiger charge is -2.45. The van der Waals surface area contributed by atoms with E-state index in [1.807, 2.05) is 0 Å². The Balaban J connectivity index is 2.10. The van der Waals surface area contributed by atoms with Crippen LogP contribution in [0, 0.1) is 11.8 Å². The van der Waals surface area contributed by atoms with Gasteiger partial charge in [-0.2, -0.15) is 0 Å². The SMILES string of the molecule is CCCC(CC)N1CCC2=C(C[C@H]([C@H](C)CC)CN2)[C@H]1C. The lowest BCUT2D eigenvalue weighted by Crippen LogP contribution is -2.50. The molecule has 0 radical (unpaired) electrons. The molecule has 122 valence electrons. The van der Waals surface area contributed by atoms with E-state index in [9.17, 15) is 0 Å². The van der Waals surface area contributed by atoms with Crippen molar-refractivity contribution in [2.24, 2.45) is 11.8 Å². The van der Waals surface area contributed by atoms with Crippen molar-refractivity contribution in [2.75, 3.05) is 13.1 Å². The first kappa shape index (κ1) is 16.9. The summed E-state index contributed by atoms with van der Waals surface area (Å²) in [6, 6.07) is 1.42. The van der Waals surface area contributed by atoms with E-state index >= 15 is 0 Å². The summed E-state index contributed by atoms with van der Waals surface area (Å²) in [5.41, 5.74) is 3.32. The zero-order valence-electron chi connectivity index (χ0n) is 14.9. The zero-order valence-corrected chi connectivity index (χ0v) is 14.9. The second-order valence-electron chi connectivity index (χ2n) is 7.25. The molecule has 0 aliphatic carbocycles. The maximum Gasteiger partial charge on any atom is 0.0302 e. The van der Waals surface area contributed by atoms with Crippen LogP contribution < -0.4 is 5.32 Å². The lowest BCUT2D eigenvalue weighted by atomic mass is 9.79. The molecule has 2 rings (SSSR count). The lowest BCUT2D eigenvalue weighted by molar-refractivity contribution is 0.126. The molecule has 2 nitrogen and oxygen atoms in total. The van der Waals surface area contributed by atoms with Crippen LogP contribution in [-0.4, -0.2) is 30.1 Å². The largest absolute Gasteiger partial charge is 0.388 e. The Labute approximate surface area is 132 Å². The maximum atomic E-state index is 3.78. The van der Waals surface area contributed by atoms with Gasteiger partial charge in [0.1, 0.15) is 0 Å². The van der Waals surface area contributed by atoms with Gasteiger partial charge in [-0.15, -0.1) is 0 Å². The second-order valence-corrected chi connectivity index (χ2v) is 7.25. The van der Waals surface area contributed by atoms with Gasteiger partial charge in [0.2, 0.25) is 0 Å². The molecule has 0 spiro atoms. The van der Waals surface area contributed by atoms with Crippen molar-refractivity contribution in [3.05, 3.63) is 11.3 Å². The smallest absolute Gasteiger partial charge is 0.0302 e. The number of hydrogen-bond acceptors (Lipinski definition) is 2. The molecule has 0 aromatic rings. The third-order valence-electron chi connectivity index (χ3n) is 6.08. The van der Waals surface area contributed by atoms with Crippen LogP contribution in [0.4, 0.5) is 0 Å². The van der Waals surface area contributed by atoms with E-state index in [0.717, 1.165) is 17.9 Å². The fraction of sp³-hybridized carbons (Fsp3) is 0.895. The molecular formula is C19H36N2. The minimum absolute atomic E-state index is 0.643. The van der Waals surface area contributed by atoms with Crippen LogP contribution in [0.5, 0.6) is 0 Å². The molecule has 2 heteroatoms. The topological polar surface area (TPSA) is 15.3 Å². The van der Waals surface area contributed by atoms with Crippen LogP contribution in [0.15, 0.2) is 11.3 Å². The Morgan fingerprint density at radius 1 is 1.24 bits per heavy atom. The molecule has 2 aliphatic rings. The third-order valence-corrected chi connectivity index (χ3v) is 6.08. The summed E-state index contributed by atoms with van der Waals surface area (Å²) in [6.45, 7) is 14.3. The summed E-state index contributed by atoms with van der Waals surface area (Å²) >= 11 is 0. The normalized spacial score (nSPS) is 29.8. The average Bonchev–Trinajstić information content (AvgIpc) is 2.52. The van der Waals surface area contributed by atoms with Crippen LogP contribution in [-0.2, 0) is 0 Å². The molecule has 1 unspecified atom stereocenters. The quantitative estimate of drug-likeness (QED) is 0.771. The maximum absolute atomic E-state index is 3.78. The fourth-order valence-corrected chi connectivity index (χ4v) is 4.32. The standard InChI is InChI=1S/C19H36N2/c1-6-9-17(8-3)21-11-10-19-18(15(21)5)12-16(13-20-19)14(4)7-2/h14-17,20H,6-13H2,1-5H3/t14-,15-,16+,17?/m1/s1. The first-order valence-electron chi connectivity index (χ1n) is 9.33. The van der Waals surface area contributed by atoms with Crippen molar-refractivity contribution >= 4 is 0 Å². The molecule has 0 bridgehead atoms. The molecule has 0 saturated heterocycles. The fourth-order valence-electron chi connectivity index (χ4n) is 4.32. The van der Waals surface area contributed by atoms with Crippen molar-refractivity contribution in [1.82, 2.24) is 10.2 Å². The molecule has 0 fully saturated rings. The predicted molar refractivity (Wildman–Crippen MR) is 92.4 cm³/mol. The van der Waals surface area contributed by atoms with E-state index in [1.54, 1.807) is 11.3 Å². The minimum Gasteiger partial charge on any atom is -0.388 e. The van der Waals surface area contributed by atoms with E-state index in [1.165, 1.54) is 51.6 Å². The van der Waals surface area contributed by atoms with Crippen LogP contribution in [0.25, 0.3) is 0 Å². The highest BCUT2D eigenvalue weighted by molar-refractivity contribution is 5.25. The average molecular weight is 293 g/mol. The molecule has 0 aromatic carbocycles. The number of rotatable bonds is 6. The van der Waals surface area contributed by atoms with Crippen LogP contribution in [0.1, 0.15) is 73.1 Å². The highest BCUT2D eigenvalue weighted by Gasteiger charge is 2.34. The Morgan fingerprint density at radius 3 is 2.62 bits per heavy atom. The van der Waals surface area contributed by atoms with E-state index in [2.05, 4.69) is 44.8 Å². The van der Waals surface area contributed by atoms with Gasteiger partial charge in [0.15, 0.2) is 0 Å². The molecular weight excluding hydrogens is 256 g/mol. The number of nitrogens with zero attached hydrogens (tertiary/aromatic N) is 1. The predicted octanol–water partition coefficient (Wildman–Crippen LogP) is 4.57. The molecule has 0 saturated carbocycles. The molecule has 2 heterocycles. The van der Waals surface area contributed by atoms with Crippen molar-refractivity contribution in [3.8, 4) is 0 Å². The van der Waals surface area contributed by atoms with Crippen molar-refractivity contribution in [1.29, 1.82) is 0 Å². The highest BCUT2D eigenvalue weighted by Crippen LogP contribution is 2.36. The minimum atomic E-state index is 0.643.